The number of aryl methyl sites for hydroxylation is 1. The fraction of sp³-hybridized carbons (Fsp3) is 0.667. The van der Waals surface area contributed by atoms with Gasteiger partial charge in [-0.3, -0.25) is 4.90 Å². The van der Waals surface area contributed by atoms with Crippen LogP contribution in [0.1, 0.15) is 36.9 Å². The molecule has 2 aromatic heterocycles. The maximum Gasteiger partial charge on any atom is 0.165 e. The van der Waals surface area contributed by atoms with Crippen molar-refractivity contribution in [2.24, 2.45) is 0 Å². The zero-order valence-electron chi connectivity index (χ0n) is 13.0. The minimum atomic E-state index is 0.343. The third kappa shape index (κ3) is 4.12. The van der Waals surface area contributed by atoms with Crippen molar-refractivity contribution in [3.05, 3.63) is 28.2 Å². The van der Waals surface area contributed by atoms with E-state index >= 15 is 0 Å². The Morgan fingerprint density at radius 2 is 2.41 bits per heavy atom. The van der Waals surface area contributed by atoms with E-state index in [2.05, 4.69) is 44.9 Å². The first-order valence-electron chi connectivity index (χ1n) is 7.96. The number of hydrogen-bond acceptors (Lipinski definition) is 6. The third-order valence-corrected chi connectivity index (χ3v) is 4.71. The average Bonchev–Trinajstić information content (AvgIpc) is 3.23. The number of thiophene rings is 1. The number of ether oxygens (including phenoxy) is 1. The monoisotopic (exact) mass is 321 g/mol. The summed E-state index contributed by atoms with van der Waals surface area (Å²) in [7, 11) is 0. The molecule has 1 atom stereocenters. The molecule has 1 saturated heterocycles. The summed E-state index contributed by atoms with van der Waals surface area (Å²) in [5.41, 5.74) is 0. The van der Waals surface area contributed by atoms with Gasteiger partial charge in [0, 0.05) is 31.1 Å². The topological polar surface area (TPSA) is 56.1 Å². The number of aromatic nitrogens is 4. The highest BCUT2D eigenvalue weighted by atomic mass is 32.1. The van der Waals surface area contributed by atoms with Crippen LogP contribution in [0.2, 0.25) is 0 Å². The summed E-state index contributed by atoms with van der Waals surface area (Å²) in [5.74, 6) is 0.941. The minimum Gasteiger partial charge on any atom is -0.377 e. The molecule has 1 aliphatic heterocycles. The predicted octanol–water partition coefficient (Wildman–Crippen LogP) is 2.33. The molecule has 7 heteroatoms. The van der Waals surface area contributed by atoms with Crippen molar-refractivity contribution in [3.63, 3.8) is 0 Å². The summed E-state index contributed by atoms with van der Waals surface area (Å²) in [6, 6.07) is 4.29. The Bertz CT molecular complexity index is 550. The van der Waals surface area contributed by atoms with Gasteiger partial charge in [-0.25, -0.2) is 4.68 Å². The van der Waals surface area contributed by atoms with Crippen molar-refractivity contribution in [3.8, 4) is 0 Å². The quantitative estimate of drug-likeness (QED) is 0.747. The Morgan fingerprint density at radius 1 is 1.45 bits per heavy atom. The highest BCUT2D eigenvalue weighted by Crippen LogP contribution is 2.18. The van der Waals surface area contributed by atoms with Crippen molar-refractivity contribution < 1.29 is 4.74 Å². The van der Waals surface area contributed by atoms with E-state index in [1.807, 2.05) is 4.68 Å². The Labute approximate surface area is 135 Å². The van der Waals surface area contributed by atoms with Gasteiger partial charge >= 0.3 is 0 Å². The molecule has 0 aliphatic carbocycles. The highest BCUT2D eigenvalue weighted by Gasteiger charge is 2.21. The maximum atomic E-state index is 5.80. The van der Waals surface area contributed by atoms with Gasteiger partial charge in [0.1, 0.15) is 0 Å². The second kappa shape index (κ2) is 7.80. The van der Waals surface area contributed by atoms with Crippen LogP contribution in [0.4, 0.5) is 0 Å². The van der Waals surface area contributed by atoms with Crippen LogP contribution in [-0.4, -0.2) is 44.4 Å². The van der Waals surface area contributed by atoms with E-state index in [9.17, 15) is 0 Å². The number of tetrazole rings is 1. The first-order chi connectivity index (χ1) is 10.8. The number of nitrogens with zero attached hydrogens (tertiary/aromatic N) is 5. The van der Waals surface area contributed by atoms with Gasteiger partial charge in [0.05, 0.1) is 12.6 Å². The molecule has 22 heavy (non-hydrogen) atoms. The van der Waals surface area contributed by atoms with E-state index in [1.54, 1.807) is 11.3 Å². The van der Waals surface area contributed by atoms with Crippen molar-refractivity contribution in [2.45, 2.75) is 51.9 Å². The predicted molar refractivity (Wildman–Crippen MR) is 85.5 cm³/mol. The highest BCUT2D eigenvalue weighted by molar-refractivity contribution is 7.09. The van der Waals surface area contributed by atoms with Gasteiger partial charge in [-0.05, 0) is 41.1 Å². The third-order valence-electron chi connectivity index (χ3n) is 3.85. The van der Waals surface area contributed by atoms with E-state index < -0.39 is 0 Å². The molecule has 1 unspecified atom stereocenters. The van der Waals surface area contributed by atoms with Crippen LogP contribution in [-0.2, 0) is 24.4 Å². The molecule has 6 nitrogen and oxygen atoms in total. The van der Waals surface area contributed by atoms with Gasteiger partial charge in [0.25, 0.3) is 0 Å². The molecule has 3 heterocycles. The van der Waals surface area contributed by atoms with Crippen LogP contribution in [0.25, 0.3) is 0 Å². The first kappa shape index (κ1) is 15.6. The van der Waals surface area contributed by atoms with E-state index in [1.165, 1.54) is 11.3 Å². The van der Waals surface area contributed by atoms with Crippen LogP contribution >= 0.6 is 11.3 Å². The van der Waals surface area contributed by atoms with Crippen molar-refractivity contribution in [1.82, 2.24) is 25.1 Å². The molecule has 0 radical (unpaired) electrons. The molecule has 2 aromatic rings. The second-order valence-electron chi connectivity index (χ2n) is 5.70. The van der Waals surface area contributed by atoms with Crippen LogP contribution < -0.4 is 0 Å². The van der Waals surface area contributed by atoms with Crippen LogP contribution in [0.15, 0.2) is 17.5 Å². The molecular weight excluding hydrogens is 298 g/mol. The molecular formula is C15H23N5OS. The van der Waals surface area contributed by atoms with Crippen molar-refractivity contribution >= 4 is 11.3 Å². The Balaban J connectivity index is 1.67. The normalized spacial score (nSPS) is 18.4. The average molecular weight is 321 g/mol. The summed E-state index contributed by atoms with van der Waals surface area (Å²) in [6.07, 6.45) is 3.70. The van der Waals surface area contributed by atoms with Gasteiger partial charge in [-0.15, -0.1) is 16.4 Å². The van der Waals surface area contributed by atoms with E-state index in [4.69, 9.17) is 4.74 Å². The summed E-state index contributed by atoms with van der Waals surface area (Å²) >= 11 is 1.80. The van der Waals surface area contributed by atoms with E-state index in [0.717, 1.165) is 51.5 Å². The van der Waals surface area contributed by atoms with Gasteiger partial charge in [-0.2, -0.15) is 0 Å². The largest absolute Gasteiger partial charge is 0.377 e. The lowest BCUT2D eigenvalue weighted by atomic mass is 10.2. The molecule has 0 saturated carbocycles. The Morgan fingerprint density at radius 3 is 3.14 bits per heavy atom. The lowest BCUT2D eigenvalue weighted by Gasteiger charge is -2.24. The summed E-state index contributed by atoms with van der Waals surface area (Å²) in [6.45, 7) is 6.54. The lowest BCUT2D eigenvalue weighted by molar-refractivity contribution is 0.0668. The molecule has 120 valence electrons. The molecule has 0 spiro atoms. The lowest BCUT2D eigenvalue weighted by Crippen LogP contribution is -2.32. The fourth-order valence-electron chi connectivity index (χ4n) is 2.81. The molecule has 0 N–H and O–H groups in total. The van der Waals surface area contributed by atoms with Crippen LogP contribution in [0, 0.1) is 0 Å². The van der Waals surface area contributed by atoms with Crippen LogP contribution in [0.5, 0.6) is 0 Å². The smallest absolute Gasteiger partial charge is 0.165 e. The second-order valence-corrected chi connectivity index (χ2v) is 6.73. The number of rotatable bonds is 8. The molecule has 0 amide bonds. The molecule has 0 bridgehead atoms. The minimum absolute atomic E-state index is 0.343. The summed E-state index contributed by atoms with van der Waals surface area (Å²) in [4.78, 5) is 3.77. The van der Waals surface area contributed by atoms with Crippen molar-refractivity contribution in [2.75, 3.05) is 13.2 Å². The first-order valence-corrected chi connectivity index (χ1v) is 8.84. The fourth-order valence-corrected chi connectivity index (χ4v) is 3.55. The molecule has 1 aliphatic rings. The van der Waals surface area contributed by atoms with Gasteiger partial charge in [0.2, 0.25) is 0 Å². The van der Waals surface area contributed by atoms with E-state index in [-0.39, 0.29) is 0 Å². The summed E-state index contributed by atoms with van der Waals surface area (Å²) in [5, 5.41) is 14.2. The molecule has 3 rings (SSSR count). The Hall–Kier alpha value is -1.31. The molecule has 1 fully saturated rings. The van der Waals surface area contributed by atoms with Crippen LogP contribution in [0.3, 0.4) is 0 Å². The zero-order chi connectivity index (χ0) is 15.2. The standard InChI is InChI=1S/C15H23N5OS/c1-2-7-20-15(16-17-18-20)12-19(10-13-5-3-8-21-13)11-14-6-4-9-22-14/h4,6,9,13H,2-3,5,7-8,10-12H2,1H3. The van der Waals surface area contributed by atoms with Crippen molar-refractivity contribution in [1.29, 1.82) is 0 Å². The SMILES string of the molecule is CCCn1nnnc1CN(Cc1cccs1)CC1CCCO1. The zero-order valence-corrected chi connectivity index (χ0v) is 13.8. The maximum absolute atomic E-state index is 5.80. The summed E-state index contributed by atoms with van der Waals surface area (Å²) < 4.78 is 7.72. The van der Waals surface area contributed by atoms with Gasteiger partial charge in [-0.1, -0.05) is 13.0 Å². The molecule has 0 aromatic carbocycles. The number of hydrogen-bond donors (Lipinski definition) is 0. The Kier molecular flexibility index (Phi) is 5.53. The van der Waals surface area contributed by atoms with Gasteiger partial charge in [0.15, 0.2) is 5.82 Å². The van der Waals surface area contributed by atoms with Gasteiger partial charge < -0.3 is 4.74 Å². The van der Waals surface area contributed by atoms with E-state index in [0.29, 0.717) is 6.10 Å².